The van der Waals surface area contributed by atoms with Crippen LogP contribution in [-0.4, -0.2) is 21.5 Å². The Bertz CT molecular complexity index is 1430. The van der Waals surface area contributed by atoms with Crippen LogP contribution >= 0.6 is 11.6 Å². The van der Waals surface area contributed by atoms with Crippen LogP contribution in [0.2, 0.25) is 5.02 Å². The van der Waals surface area contributed by atoms with Crippen LogP contribution in [0.25, 0.3) is 10.9 Å². The van der Waals surface area contributed by atoms with E-state index in [1.165, 1.54) is 24.3 Å². The lowest BCUT2D eigenvalue weighted by molar-refractivity contribution is 0.485. The van der Waals surface area contributed by atoms with Gasteiger partial charge in [0.2, 0.25) is 5.95 Å². The van der Waals surface area contributed by atoms with E-state index in [1.54, 1.807) is 11.0 Å². The van der Waals surface area contributed by atoms with E-state index in [0.29, 0.717) is 23.0 Å². The smallest absolute Gasteiger partial charge is 0.227 e. The van der Waals surface area contributed by atoms with Gasteiger partial charge in [-0.1, -0.05) is 23.7 Å². The number of benzene rings is 2. The number of rotatable bonds is 2. The van der Waals surface area contributed by atoms with Gasteiger partial charge >= 0.3 is 0 Å². The summed E-state index contributed by atoms with van der Waals surface area (Å²) in [5, 5.41) is 9.75. The lowest BCUT2D eigenvalue weighted by Crippen LogP contribution is -2.38. The van der Waals surface area contributed by atoms with Crippen molar-refractivity contribution in [2.45, 2.75) is 12.5 Å². The van der Waals surface area contributed by atoms with Crippen molar-refractivity contribution in [3.8, 4) is 6.07 Å². The van der Waals surface area contributed by atoms with Crippen LogP contribution in [0.15, 0.2) is 36.5 Å². The van der Waals surface area contributed by atoms with E-state index in [-0.39, 0.29) is 23.1 Å². The molecule has 0 aliphatic carbocycles. The quantitative estimate of drug-likeness (QED) is 0.420. The largest absolute Gasteiger partial charge is 0.356 e. The number of nitrogens with zero attached hydrogens (tertiary/aromatic N) is 4. The Labute approximate surface area is 183 Å². The summed E-state index contributed by atoms with van der Waals surface area (Å²) < 4.78 is 56.9. The van der Waals surface area contributed by atoms with Gasteiger partial charge in [0.05, 0.1) is 11.2 Å². The molecule has 1 N–H and O–H groups in total. The topological polar surface area (TPSA) is 68.6 Å². The second kappa shape index (κ2) is 7.50. The maximum Gasteiger partial charge on any atom is 0.227 e. The molecule has 4 aromatic rings. The lowest BCUT2D eigenvalue weighted by atomic mass is 9.92. The number of H-pyrrole nitrogens is 1. The van der Waals surface area contributed by atoms with Crippen molar-refractivity contribution >= 4 is 28.5 Å². The summed E-state index contributed by atoms with van der Waals surface area (Å²) in [4.78, 5) is 12.6. The van der Waals surface area contributed by atoms with Crippen LogP contribution < -0.4 is 4.90 Å². The molecule has 1 aliphatic rings. The average molecular weight is 458 g/mol. The van der Waals surface area contributed by atoms with Gasteiger partial charge in [0.15, 0.2) is 23.1 Å². The number of anilines is 1. The summed E-state index contributed by atoms with van der Waals surface area (Å²) in [7, 11) is 0. The number of halogens is 5. The number of nitriles is 1. The molecule has 0 bridgehead atoms. The predicted molar refractivity (Wildman–Crippen MR) is 109 cm³/mol. The number of aromatic nitrogens is 3. The third kappa shape index (κ3) is 3.07. The fourth-order valence-electron chi connectivity index (χ4n) is 4.13. The van der Waals surface area contributed by atoms with Crippen molar-refractivity contribution in [2.24, 2.45) is 0 Å². The van der Waals surface area contributed by atoms with Gasteiger partial charge in [-0.25, -0.2) is 22.5 Å². The fraction of sp³-hybridized carbons (Fsp3) is 0.136. The molecule has 2 aromatic heterocycles. The highest BCUT2D eigenvalue weighted by atomic mass is 35.5. The van der Waals surface area contributed by atoms with E-state index >= 15 is 0 Å². The molecule has 0 saturated carbocycles. The summed E-state index contributed by atoms with van der Waals surface area (Å²) in [6, 6.07) is 7.21. The van der Waals surface area contributed by atoms with Crippen molar-refractivity contribution in [2.75, 3.05) is 11.4 Å². The number of nitrogens with one attached hydrogen (secondary N) is 1. The van der Waals surface area contributed by atoms with Gasteiger partial charge in [-0.15, -0.1) is 0 Å². The molecule has 3 heterocycles. The highest BCUT2D eigenvalue weighted by Gasteiger charge is 2.36. The minimum absolute atomic E-state index is 0.0180. The van der Waals surface area contributed by atoms with E-state index in [4.69, 9.17) is 16.9 Å². The molecule has 0 fully saturated rings. The number of hydrogen-bond donors (Lipinski definition) is 1. The van der Waals surface area contributed by atoms with Crippen LogP contribution in [0.4, 0.5) is 23.5 Å². The first-order valence-electron chi connectivity index (χ1n) is 9.51. The second-order valence-electron chi connectivity index (χ2n) is 7.30. The molecule has 10 heteroatoms. The molecule has 0 radical (unpaired) electrons. The Morgan fingerprint density at radius 3 is 2.72 bits per heavy atom. The van der Waals surface area contributed by atoms with Crippen LogP contribution in [0.3, 0.4) is 0 Å². The zero-order valence-electron chi connectivity index (χ0n) is 16.1. The summed E-state index contributed by atoms with van der Waals surface area (Å²) in [6.45, 7) is 0.242. The highest BCUT2D eigenvalue weighted by Crippen LogP contribution is 2.41. The van der Waals surface area contributed by atoms with Crippen LogP contribution in [0.5, 0.6) is 0 Å². The average Bonchev–Trinajstić information content (AvgIpc) is 3.13. The van der Waals surface area contributed by atoms with Gasteiger partial charge in [-0.3, -0.25) is 0 Å². The molecule has 1 atom stereocenters. The van der Waals surface area contributed by atoms with E-state index in [2.05, 4.69) is 15.0 Å². The van der Waals surface area contributed by atoms with Crippen molar-refractivity contribution in [1.29, 1.82) is 5.26 Å². The molecular weight excluding hydrogens is 446 g/mol. The Kier molecular flexibility index (Phi) is 4.75. The minimum atomic E-state index is -1.07. The molecule has 160 valence electrons. The Balaban J connectivity index is 1.76. The van der Waals surface area contributed by atoms with E-state index in [0.717, 1.165) is 17.8 Å². The van der Waals surface area contributed by atoms with Gasteiger partial charge in [0, 0.05) is 28.7 Å². The molecule has 5 nitrogen and oxygen atoms in total. The van der Waals surface area contributed by atoms with Crippen molar-refractivity contribution in [1.82, 2.24) is 15.0 Å². The van der Waals surface area contributed by atoms with Crippen molar-refractivity contribution < 1.29 is 17.6 Å². The Hall–Kier alpha value is -3.64. The predicted octanol–water partition coefficient (Wildman–Crippen LogP) is 5.19. The first-order chi connectivity index (χ1) is 15.4. The molecule has 0 spiro atoms. The summed E-state index contributed by atoms with van der Waals surface area (Å²) in [5.74, 6) is -3.65. The third-order valence-corrected chi connectivity index (χ3v) is 5.83. The monoisotopic (exact) mass is 457 g/mol. The van der Waals surface area contributed by atoms with Crippen molar-refractivity contribution in [3.63, 3.8) is 0 Å². The Morgan fingerprint density at radius 1 is 1.12 bits per heavy atom. The molecule has 2 aromatic carbocycles. The minimum Gasteiger partial charge on any atom is -0.356 e. The van der Waals surface area contributed by atoms with Gasteiger partial charge in [-0.05, 0) is 30.2 Å². The molecule has 32 heavy (non-hydrogen) atoms. The molecule has 1 aliphatic heterocycles. The zero-order valence-corrected chi connectivity index (χ0v) is 16.9. The molecule has 5 rings (SSSR count). The maximum atomic E-state index is 14.9. The van der Waals surface area contributed by atoms with Crippen LogP contribution in [-0.2, 0) is 6.42 Å². The van der Waals surface area contributed by atoms with E-state index in [9.17, 15) is 17.6 Å². The first kappa shape index (κ1) is 20.3. The first-order valence-corrected chi connectivity index (χ1v) is 9.89. The SMILES string of the molecule is N#Cc1nc(N2CCc3c([nH]c4cc(F)c(Cl)cc34)C2c2cccc(F)c2F)ncc1F. The van der Waals surface area contributed by atoms with Crippen LogP contribution in [0, 0.1) is 34.6 Å². The summed E-state index contributed by atoms with van der Waals surface area (Å²) in [5.41, 5.74) is 1.19. The number of fused-ring (bicyclic) bond motifs is 3. The molecular formula is C22H12ClF4N5. The molecule has 1 unspecified atom stereocenters. The van der Waals surface area contributed by atoms with E-state index < -0.39 is 35.0 Å². The van der Waals surface area contributed by atoms with Gasteiger partial charge < -0.3 is 9.88 Å². The van der Waals surface area contributed by atoms with Crippen molar-refractivity contribution in [3.05, 3.63) is 87.3 Å². The summed E-state index contributed by atoms with van der Waals surface area (Å²) >= 11 is 5.96. The number of aromatic amines is 1. The van der Waals surface area contributed by atoms with Gasteiger partial charge in [0.25, 0.3) is 0 Å². The number of hydrogen-bond acceptors (Lipinski definition) is 4. The zero-order chi connectivity index (χ0) is 22.6. The third-order valence-electron chi connectivity index (χ3n) is 5.54. The Morgan fingerprint density at radius 2 is 1.94 bits per heavy atom. The molecule has 0 saturated heterocycles. The lowest BCUT2D eigenvalue weighted by Gasteiger charge is -2.36. The summed E-state index contributed by atoms with van der Waals surface area (Å²) in [6.07, 6.45) is 1.27. The van der Waals surface area contributed by atoms with Gasteiger partial charge in [0.1, 0.15) is 17.9 Å². The second-order valence-corrected chi connectivity index (χ2v) is 7.70. The molecule has 0 amide bonds. The fourth-order valence-corrected chi connectivity index (χ4v) is 4.29. The van der Waals surface area contributed by atoms with Crippen LogP contribution in [0.1, 0.15) is 28.6 Å². The van der Waals surface area contributed by atoms with Gasteiger partial charge in [-0.2, -0.15) is 10.2 Å². The van der Waals surface area contributed by atoms with E-state index in [1.807, 2.05) is 0 Å². The normalized spacial score (nSPS) is 15.6. The maximum absolute atomic E-state index is 14.9. The highest BCUT2D eigenvalue weighted by molar-refractivity contribution is 6.31. The standard InChI is InChI=1S/C22H12ClF4N5/c23-13-6-12-10-4-5-32(22-29-9-16(26)18(8-28)31-22)21(11-2-1-3-14(24)19(11)27)20(10)30-17(12)7-15(13)25/h1-3,6-7,9,21,30H,4-5H2.